The average Bonchev–Trinajstić information content (AvgIpc) is 2.61. The molecule has 1 fully saturated rings. The van der Waals surface area contributed by atoms with Gasteiger partial charge in [-0.15, -0.1) is 0 Å². The lowest BCUT2D eigenvalue weighted by atomic mass is 9.74. The quantitative estimate of drug-likeness (QED) is 0.693. The van der Waals surface area contributed by atoms with Crippen LogP contribution in [0.5, 0.6) is 0 Å². The van der Waals surface area contributed by atoms with Gasteiger partial charge in [0, 0.05) is 17.9 Å². The number of carboxylic acids is 1. The Morgan fingerprint density at radius 1 is 1.50 bits per heavy atom. The number of rotatable bonds is 3. The minimum atomic E-state index is -0.806. The summed E-state index contributed by atoms with van der Waals surface area (Å²) in [6.07, 6.45) is 15.3. The minimum Gasteiger partial charge on any atom is -0.481 e. The van der Waals surface area contributed by atoms with E-state index < -0.39 is 17.3 Å². The highest BCUT2D eigenvalue weighted by Gasteiger charge is 2.34. The van der Waals surface area contributed by atoms with Crippen molar-refractivity contribution in [3.8, 4) is 0 Å². The Hall–Kier alpha value is -1.84. The first kappa shape index (κ1) is 14.6. The number of carbonyl (C=O) groups is 1. The van der Waals surface area contributed by atoms with E-state index in [4.69, 9.17) is 5.41 Å². The summed E-state index contributed by atoms with van der Waals surface area (Å²) in [5.41, 5.74) is -0.503. The van der Waals surface area contributed by atoms with Crippen LogP contribution in [0.4, 0.5) is 0 Å². The molecule has 0 aromatic rings. The molecule has 3 unspecified atom stereocenters. The van der Waals surface area contributed by atoms with Crippen molar-refractivity contribution in [2.24, 2.45) is 11.3 Å². The largest absolute Gasteiger partial charge is 0.481 e. The zero-order valence-corrected chi connectivity index (χ0v) is 11.8. The fourth-order valence-electron chi connectivity index (χ4n) is 2.76. The number of hydrogen-bond donors (Lipinski definition) is 3. The van der Waals surface area contributed by atoms with Gasteiger partial charge in [0.2, 0.25) is 0 Å². The number of amidine groups is 1. The Morgan fingerprint density at radius 2 is 2.30 bits per heavy atom. The van der Waals surface area contributed by atoms with Gasteiger partial charge in [0.25, 0.3) is 0 Å². The van der Waals surface area contributed by atoms with Gasteiger partial charge in [-0.05, 0) is 12.8 Å². The van der Waals surface area contributed by atoms with E-state index in [1.165, 1.54) is 0 Å². The van der Waals surface area contributed by atoms with Crippen molar-refractivity contribution < 1.29 is 9.90 Å². The monoisotopic (exact) mass is 274 g/mol. The molecule has 3 atom stereocenters. The van der Waals surface area contributed by atoms with E-state index >= 15 is 0 Å². The molecule has 0 bridgehead atoms. The summed E-state index contributed by atoms with van der Waals surface area (Å²) in [5.74, 6) is -0.760. The lowest BCUT2D eigenvalue weighted by molar-refractivity contribution is -0.142. The van der Waals surface area contributed by atoms with Crippen LogP contribution in [0.1, 0.15) is 32.6 Å². The lowest BCUT2D eigenvalue weighted by Crippen LogP contribution is -2.33. The van der Waals surface area contributed by atoms with Crippen molar-refractivity contribution in [3.05, 3.63) is 36.5 Å². The fourth-order valence-corrected chi connectivity index (χ4v) is 2.76. The van der Waals surface area contributed by atoms with Crippen molar-refractivity contribution in [2.75, 3.05) is 0 Å². The summed E-state index contributed by atoms with van der Waals surface area (Å²) in [7, 11) is 0. The van der Waals surface area contributed by atoms with Gasteiger partial charge < -0.3 is 10.4 Å². The number of aliphatic carboxylic acids is 1. The van der Waals surface area contributed by atoms with E-state index in [1.807, 2.05) is 31.2 Å². The van der Waals surface area contributed by atoms with Crippen molar-refractivity contribution in [1.82, 2.24) is 5.32 Å². The second-order valence-electron chi connectivity index (χ2n) is 5.76. The fraction of sp³-hybridized carbons (Fsp3) is 0.500. The molecule has 0 saturated carbocycles. The normalized spacial score (nSPS) is 34.0. The molecule has 1 saturated heterocycles. The molecule has 1 aliphatic heterocycles. The minimum absolute atomic E-state index is 0.135. The molecule has 1 aliphatic carbocycles. The van der Waals surface area contributed by atoms with Crippen molar-refractivity contribution in [2.45, 2.75) is 38.6 Å². The molecular weight excluding hydrogens is 252 g/mol. The van der Waals surface area contributed by atoms with Crippen LogP contribution in [0, 0.1) is 16.7 Å². The van der Waals surface area contributed by atoms with Crippen LogP contribution in [0.3, 0.4) is 0 Å². The Morgan fingerprint density at radius 3 is 3.05 bits per heavy atom. The second-order valence-corrected chi connectivity index (χ2v) is 5.76. The molecule has 3 N–H and O–H groups in total. The van der Waals surface area contributed by atoms with E-state index in [0.29, 0.717) is 5.84 Å². The van der Waals surface area contributed by atoms with Crippen molar-refractivity contribution in [3.63, 3.8) is 0 Å². The molecular formula is C16H22N2O2. The number of nitrogens with one attached hydrogen (secondary N) is 2. The van der Waals surface area contributed by atoms with E-state index in [2.05, 4.69) is 5.32 Å². The number of hydrogen-bond acceptors (Lipinski definition) is 2. The molecule has 2 rings (SSSR count). The Balaban J connectivity index is 2.11. The van der Waals surface area contributed by atoms with Crippen LogP contribution >= 0.6 is 0 Å². The number of carboxylic acid groups (broad SMARTS) is 1. The topological polar surface area (TPSA) is 73.2 Å². The maximum atomic E-state index is 11.4. The molecule has 20 heavy (non-hydrogen) atoms. The SMILES string of the molecule is CC1(/C=C/C2CCCCC(=N)N2)C=CC=CC1C(=O)O. The van der Waals surface area contributed by atoms with Gasteiger partial charge in [0.15, 0.2) is 0 Å². The first-order valence-electron chi connectivity index (χ1n) is 7.13. The maximum Gasteiger partial charge on any atom is 0.311 e. The summed E-state index contributed by atoms with van der Waals surface area (Å²) >= 11 is 0. The molecule has 0 amide bonds. The summed E-state index contributed by atoms with van der Waals surface area (Å²) in [4.78, 5) is 11.4. The molecule has 2 aliphatic rings. The molecule has 108 valence electrons. The average molecular weight is 274 g/mol. The highest BCUT2D eigenvalue weighted by molar-refractivity contribution is 5.79. The van der Waals surface area contributed by atoms with Crippen LogP contribution in [0.2, 0.25) is 0 Å². The van der Waals surface area contributed by atoms with E-state index in [1.54, 1.807) is 12.2 Å². The molecule has 1 heterocycles. The van der Waals surface area contributed by atoms with Crippen LogP contribution < -0.4 is 5.32 Å². The molecule has 0 radical (unpaired) electrons. The Bertz CT molecular complexity index is 479. The van der Waals surface area contributed by atoms with Crippen molar-refractivity contribution in [1.29, 1.82) is 5.41 Å². The van der Waals surface area contributed by atoms with Crippen LogP contribution in [-0.2, 0) is 4.79 Å². The molecule has 0 aromatic heterocycles. The van der Waals surface area contributed by atoms with Gasteiger partial charge >= 0.3 is 5.97 Å². The van der Waals surface area contributed by atoms with Gasteiger partial charge in [-0.3, -0.25) is 10.2 Å². The molecule has 0 spiro atoms. The third-order valence-corrected chi connectivity index (χ3v) is 4.05. The third kappa shape index (κ3) is 3.38. The third-order valence-electron chi connectivity index (χ3n) is 4.05. The van der Waals surface area contributed by atoms with Gasteiger partial charge in [-0.1, -0.05) is 49.8 Å². The first-order valence-corrected chi connectivity index (χ1v) is 7.13. The predicted molar refractivity (Wildman–Crippen MR) is 79.8 cm³/mol. The summed E-state index contributed by atoms with van der Waals surface area (Å²) in [6, 6.07) is 0.135. The summed E-state index contributed by atoms with van der Waals surface area (Å²) < 4.78 is 0. The smallest absolute Gasteiger partial charge is 0.311 e. The van der Waals surface area contributed by atoms with Gasteiger partial charge in [0.1, 0.15) is 0 Å². The second kappa shape index (κ2) is 6.07. The highest BCUT2D eigenvalue weighted by atomic mass is 16.4. The lowest BCUT2D eigenvalue weighted by Gasteiger charge is -2.30. The maximum absolute atomic E-state index is 11.4. The zero-order valence-electron chi connectivity index (χ0n) is 11.8. The van der Waals surface area contributed by atoms with E-state index in [9.17, 15) is 9.90 Å². The summed E-state index contributed by atoms with van der Waals surface area (Å²) in [5, 5.41) is 20.3. The predicted octanol–water partition coefficient (Wildman–Crippen LogP) is 2.89. The van der Waals surface area contributed by atoms with Crippen molar-refractivity contribution >= 4 is 11.8 Å². The van der Waals surface area contributed by atoms with Crippen LogP contribution in [0.15, 0.2) is 36.5 Å². The molecule has 4 heteroatoms. The van der Waals surface area contributed by atoms with E-state index in [-0.39, 0.29) is 6.04 Å². The van der Waals surface area contributed by atoms with Gasteiger partial charge in [-0.25, -0.2) is 0 Å². The zero-order chi connectivity index (χ0) is 14.6. The highest BCUT2D eigenvalue weighted by Crippen LogP contribution is 2.35. The number of allylic oxidation sites excluding steroid dienone is 4. The van der Waals surface area contributed by atoms with Crippen LogP contribution in [-0.4, -0.2) is 23.0 Å². The van der Waals surface area contributed by atoms with Gasteiger partial charge in [-0.2, -0.15) is 0 Å². The van der Waals surface area contributed by atoms with Gasteiger partial charge in [0.05, 0.1) is 11.8 Å². The first-order chi connectivity index (χ1) is 9.51. The summed E-state index contributed by atoms with van der Waals surface area (Å²) in [6.45, 7) is 1.93. The Labute approximate surface area is 119 Å². The molecule has 0 aromatic carbocycles. The Kier molecular flexibility index (Phi) is 4.42. The van der Waals surface area contributed by atoms with Crippen LogP contribution in [0.25, 0.3) is 0 Å². The standard InChI is InChI=1S/C16H22N2O2/c1-16(10-5-4-7-13(16)15(19)20)11-9-12-6-2-3-8-14(17)18-12/h4-5,7,9-13H,2-3,6,8H2,1H3,(H2,17,18)(H,19,20)/b11-9+. The molecule has 4 nitrogen and oxygen atoms in total. The van der Waals surface area contributed by atoms with E-state index in [0.717, 1.165) is 25.7 Å².